The molecule has 1 atom stereocenters. The second-order valence-corrected chi connectivity index (χ2v) is 7.10. The van der Waals surface area contributed by atoms with Gasteiger partial charge in [-0.15, -0.1) is 11.3 Å². The number of nitrogens with zero attached hydrogens (tertiary/aromatic N) is 2. The van der Waals surface area contributed by atoms with Crippen LogP contribution in [0.4, 0.5) is 4.79 Å². The van der Waals surface area contributed by atoms with Crippen molar-refractivity contribution in [3.8, 4) is 0 Å². The summed E-state index contributed by atoms with van der Waals surface area (Å²) in [6.45, 7) is 6.57. The van der Waals surface area contributed by atoms with Gasteiger partial charge in [-0.1, -0.05) is 0 Å². The van der Waals surface area contributed by atoms with Gasteiger partial charge in [-0.25, -0.2) is 9.78 Å². The Morgan fingerprint density at radius 1 is 1.48 bits per heavy atom. The van der Waals surface area contributed by atoms with Crippen molar-refractivity contribution in [2.24, 2.45) is 5.41 Å². The highest BCUT2D eigenvalue weighted by molar-refractivity contribution is 7.11. The van der Waals surface area contributed by atoms with E-state index in [2.05, 4.69) is 10.3 Å². The van der Waals surface area contributed by atoms with Gasteiger partial charge < -0.3 is 15.3 Å². The van der Waals surface area contributed by atoms with E-state index in [1.54, 1.807) is 29.4 Å². The molecule has 116 valence electrons. The van der Waals surface area contributed by atoms with Crippen LogP contribution in [0.1, 0.15) is 42.6 Å². The molecule has 1 aromatic heterocycles. The first kappa shape index (κ1) is 15.8. The molecule has 0 aliphatic carbocycles. The van der Waals surface area contributed by atoms with E-state index in [0.717, 1.165) is 9.88 Å². The lowest BCUT2D eigenvalue weighted by atomic mass is 9.80. The van der Waals surface area contributed by atoms with E-state index in [9.17, 15) is 14.7 Å². The van der Waals surface area contributed by atoms with Crippen molar-refractivity contribution in [2.75, 3.05) is 13.1 Å². The largest absolute Gasteiger partial charge is 0.481 e. The molecular formula is C14H21N3O3S. The van der Waals surface area contributed by atoms with Crippen LogP contribution in [-0.4, -0.2) is 40.1 Å². The second-order valence-electron chi connectivity index (χ2n) is 5.83. The zero-order valence-electron chi connectivity index (χ0n) is 12.5. The zero-order chi connectivity index (χ0) is 15.6. The third-order valence-corrected chi connectivity index (χ3v) is 5.12. The molecule has 7 heteroatoms. The van der Waals surface area contributed by atoms with Crippen LogP contribution >= 0.6 is 11.3 Å². The van der Waals surface area contributed by atoms with Crippen LogP contribution in [0.5, 0.6) is 0 Å². The minimum absolute atomic E-state index is 0.135. The maximum atomic E-state index is 12.2. The summed E-state index contributed by atoms with van der Waals surface area (Å²) in [6.07, 6.45) is 2.77. The van der Waals surface area contributed by atoms with Crippen LogP contribution in [0.2, 0.25) is 0 Å². The molecule has 0 aromatic carbocycles. The molecule has 1 aromatic rings. The molecular weight excluding hydrogens is 290 g/mol. The lowest BCUT2D eigenvalue weighted by molar-refractivity contribution is -0.150. The molecule has 0 saturated carbocycles. The van der Waals surface area contributed by atoms with E-state index < -0.39 is 11.4 Å². The van der Waals surface area contributed by atoms with Crippen molar-refractivity contribution in [1.29, 1.82) is 0 Å². The van der Waals surface area contributed by atoms with Gasteiger partial charge in [0.25, 0.3) is 0 Å². The third kappa shape index (κ3) is 3.53. The highest BCUT2D eigenvalue weighted by Gasteiger charge is 2.38. The Balaban J connectivity index is 1.89. The number of likely N-dealkylation sites (tertiary alicyclic amines) is 1. The van der Waals surface area contributed by atoms with Crippen LogP contribution < -0.4 is 5.32 Å². The van der Waals surface area contributed by atoms with Gasteiger partial charge in [-0.05, 0) is 33.6 Å². The fraction of sp³-hybridized carbons (Fsp3) is 0.643. The van der Waals surface area contributed by atoms with Gasteiger partial charge >= 0.3 is 12.0 Å². The monoisotopic (exact) mass is 311 g/mol. The molecule has 1 saturated heterocycles. The molecule has 21 heavy (non-hydrogen) atoms. The predicted molar refractivity (Wildman–Crippen MR) is 80.3 cm³/mol. The standard InChI is InChI=1S/C14H21N3O3S/c1-9-8-15-11(21-9)10(2)16-13(20)17-6-4-14(3,5-7-17)12(18)19/h8,10H,4-7H2,1-3H3,(H,16,20)(H,18,19). The first-order valence-corrected chi connectivity index (χ1v) is 7.84. The fourth-order valence-corrected chi connectivity index (χ4v) is 3.10. The van der Waals surface area contributed by atoms with Crippen molar-refractivity contribution in [2.45, 2.75) is 39.7 Å². The smallest absolute Gasteiger partial charge is 0.317 e. The number of piperidine rings is 1. The van der Waals surface area contributed by atoms with Crippen LogP contribution in [0, 0.1) is 12.3 Å². The van der Waals surface area contributed by atoms with Crippen molar-refractivity contribution in [3.63, 3.8) is 0 Å². The number of carbonyl (C=O) groups is 2. The minimum Gasteiger partial charge on any atom is -0.481 e. The molecule has 1 aliphatic rings. The summed E-state index contributed by atoms with van der Waals surface area (Å²) in [6, 6.07) is -0.285. The molecule has 2 N–H and O–H groups in total. The fourth-order valence-electron chi connectivity index (χ4n) is 2.33. The summed E-state index contributed by atoms with van der Waals surface area (Å²) in [7, 11) is 0. The number of carboxylic acid groups (broad SMARTS) is 1. The molecule has 2 heterocycles. The maximum Gasteiger partial charge on any atom is 0.317 e. The first-order chi connectivity index (χ1) is 9.82. The molecule has 2 rings (SSSR count). The molecule has 2 amide bonds. The molecule has 0 bridgehead atoms. The summed E-state index contributed by atoms with van der Waals surface area (Å²) >= 11 is 1.57. The number of hydrogen-bond donors (Lipinski definition) is 2. The number of carboxylic acids is 1. The van der Waals surface area contributed by atoms with Crippen LogP contribution in [0.25, 0.3) is 0 Å². The van der Waals surface area contributed by atoms with Gasteiger partial charge in [0, 0.05) is 24.2 Å². The Morgan fingerprint density at radius 3 is 2.57 bits per heavy atom. The predicted octanol–water partition coefficient (Wildman–Crippen LogP) is 2.41. The van der Waals surface area contributed by atoms with E-state index in [1.807, 2.05) is 13.8 Å². The Bertz CT molecular complexity index is 535. The molecule has 1 aliphatic heterocycles. The van der Waals surface area contributed by atoms with Crippen molar-refractivity contribution < 1.29 is 14.7 Å². The summed E-state index contributed by atoms with van der Waals surface area (Å²) in [5.41, 5.74) is -0.713. The van der Waals surface area contributed by atoms with Crippen molar-refractivity contribution in [1.82, 2.24) is 15.2 Å². The normalized spacial score (nSPS) is 19.1. The van der Waals surface area contributed by atoms with Gasteiger partial charge in [0.15, 0.2) is 0 Å². The lowest BCUT2D eigenvalue weighted by Crippen LogP contribution is -2.49. The van der Waals surface area contributed by atoms with Crippen molar-refractivity contribution >= 4 is 23.3 Å². The minimum atomic E-state index is -0.783. The quantitative estimate of drug-likeness (QED) is 0.898. The number of rotatable bonds is 3. The number of aryl methyl sites for hydroxylation is 1. The van der Waals surface area contributed by atoms with Crippen molar-refractivity contribution in [3.05, 3.63) is 16.1 Å². The Hall–Kier alpha value is -1.63. The summed E-state index contributed by atoms with van der Waals surface area (Å²) in [5, 5.41) is 13.0. The zero-order valence-corrected chi connectivity index (χ0v) is 13.4. The highest BCUT2D eigenvalue weighted by Crippen LogP contribution is 2.31. The summed E-state index contributed by atoms with van der Waals surface area (Å²) in [4.78, 5) is 30.5. The number of urea groups is 1. The van der Waals surface area contributed by atoms with Crippen LogP contribution in [0.3, 0.4) is 0 Å². The molecule has 6 nitrogen and oxygen atoms in total. The highest BCUT2D eigenvalue weighted by atomic mass is 32.1. The average molecular weight is 311 g/mol. The van der Waals surface area contributed by atoms with E-state index in [0.29, 0.717) is 25.9 Å². The molecule has 1 unspecified atom stereocenters. The first-order valence-electron chi connectivity index (χ1n) is 7.03. The summed E-state index contributed by atoms with van der Waals surface area (Å²) < 4.78 is 0. The third-order valence-electron chi connectivity index (χ3n) is 4.02. The number of hydrogen-bond acceptors (Lipinski definition) is 4. The molecule has 1 fully saturated rings. The topological polar surface area (TPSA) is 82.5 Å². The number of nitrogens with one attached hydrogen (secondary N) is 1. The Labute approximate surface area is 128 Å². The second kappa shape index (κ2) is 6.01. The Morgan fingerprint density at radius 2 is 2.10 bits per heavy atom. The van der Waals surface area contributed by atoms with E-state index >= 15 is 0 Å². The number of aliphatic carboxylic acids is 1. The van der Waals surface area contributed by atoms with E-state index in [1.165, 1.54) is 0 Å². The average Bonchev–Trinajstić information content (AvgIpc) is 2.86. The number of thiazole rings is 1. The number of carbonyl (C=O) groups excluding carboxylic acids is 1. The number of aromatic nitrogens is 1. The summed E-state index contributed by atoms with van der Waals surface area (Å²) in [5.74, 6) is -0.783. The maximum absolute atomic E-state index is 12.2. The van der Waals surface area contributed by atoms with Gasteiger partial charge in [-0.3, -0.25) is 4.79 Å². The van der Waals surface area contributed by atoms with Crippen LogP contribution in [-0.2, 0) is 4.79 Å². The number of amides is 2. The van der Waals surface area contributed by atoms with Gasteiger partial charge in [0.2, 0.25) is 0 Å². The lowest BCUT2D eigenvalue weighted by Gasteiger charge is -2.36. The Kier molecular flexibility index (Phi) is 4.51. The van der Waals surface area contributed by atoms with Gasteiger partial charge in [-0.2, -0.15) is 0 Å². The van der Waals surface area contributed by atoms with E-state index in [-0.39, 0.29) is 12.1 Å². The SMILES string of the molecule is Cc1cnc(C(C)NC(=O)N2CCC(C)(C(=O)O)CC2)s1. The van der Waals surface area contributed by atoms with Crippen LogP contribution in [0.15, 0.2) is 6.20 Å². The molecule has 0 radical (unpaired) electrons. The molecule has 0 spiro atoms. The van der Waals surface area contributed by atoms with Gasteiger partial charge in [0.1, 0.15) is 5.01 Å². The van der Waals surface area contributed by atoms with Gasteiger partial charge in [0.05, 0.1) is 11.5 Å². The van der Waals surface area contributed by atoms with E-state index in [4.69, 9.17) is 0 Å².